The Morgan fingerprint density at radius 3 is 2.43 bits per heavy atom. The Labute approximate surface area is 146 Å². The molecule has 9 heteroatoms. The minimum absolute atomic E-state index is 0.0602. The number of carbonyl (C=O) groups excluding carboxylic acids is 2. The molecule has 0 spiro atoms. The molecule has 0 fully saturated rings. The summed E-state index contributed by atoms with van der Waals surface area (Å²) in [6, 6.07) is 4.80. The van der Waals surface area contributed by atoms with E-state index >= 15 is 0 Å². The second-order valence-corrected chi connectivity index (χ2v) is 5.90. The fraction of sp³-hybridized carbons (Fsp3) is 0.214. The lowest BCUT2D eigenvalue weighted by Crippen LogP contribution is -2.21. The highest BCUT2D eigenvalue weighted by Gasteiger charge is 2.29. The summed E-state index contributed by atoms with van der Waals surface area (Å²) in [6.45, 7) is 1.47. The van der Waals surface area contributed by atoms with Crippen LogP contribution in [0.3, 0.4) is 0 Å². The van der Waals surface area contributed by atoms with E-state index in [2.05, 4.69) is 10.5 Å². The van der Waals surface area contributed by atoms with Gasteiger partial charge in [0.25, 0.3) is 0 Å². The fourth-order valence-corrected chi connectivity index (χ4v) is 2.40. The van der Waals surface area contributed by atoms with Gasteiger partial charge in [0.1, 0.15) is 11.1 Å². The first kappa shape index (κ1) is 17.6. The van der Waals surface area contributed by atoms with E-state index in [-0.39, 0.29) is 27.2 Å². The summed E-state index contributed by atoms with van der Waals surface area (Å²) in [5.41, 5.74) is 0.248. The zero-order chi connectivity index (χ0) is 17.1. The van der Waals surface area contributed by atoms with E-state index in [0.717, 1.165) is 0 Å². The average molecular weight is 378 g/mol. The Balaban J connectivity index is 2.59. The van der Waals surface area contributed by atoms with Crippen molar-refractivity contribution in [2.24, 2.45) is 0 Å². The average Bonchev–Trinajstić information content (AvgIpc) is 2.89. The molecule has 1 amide bonds. The molecule has 1 aromatic heterocycles. The van der Waals surface area contributed by atoms with Crippen molar-refractivity contribution in [1.82, 2.24) is 5.16 Å². The molecule has 6 nitrogen and oxygen atoms in total. The Morgan fingerprint density at radius 1 is 1.30 bits per heavy atom. The van der Waals surface area contributed by atoms with Crippen LogP contribution >= 0.6 is 34.8 Å². The number of benzene rings is 1. The number of alkyl halides is 1. The summed E-state index contributed by atoms with van der Waals surface area (Å²) in [4.78, 5) is 23.8. The largest absolute Gasteiger partial charge is 0.465 e. The van der Waals surface area contributed by atoms with E-state index in [1.165, 1.54) is 14.0 Å². The highest BCUT2D eigenvalue weighted by molar-refractivity contribution is 6.39. The number of nitrogens with one attached hydrogen (secondary N) is 1. The molecule has 1 unspecified atom stereocenters. The third-order valence-corrected chi connectivity index (χ3v) is 3.71. The lowest BCUT2D eigenvalue weighted by molar-refractivity contribution is -0.115. The molecule has 122 valence electrons. The standard InChI is InChI=1S/C14H11Cl3N2O4/c1-6(15)12(20)18-13-10(14(21)22-2)11(19-23-13)9-7(16)4-3-5-8(9)17/h3-6H,1-2H3,(H,18,20). The molecule has 0 saturated heterocycles. The molecule has 0 saturated carbocycles. The predicted molar refractivity (Wildman–Crippen MR) is 87.2 cm³/mol. The van der Waals surface area contributed by atoms with Gasteiger partial charge in [-0.3, -0.25) is 10.1 Å². The maximum atomic E-state index is 12.1. The van der Waals surface area contributed by atoms with Crippen molar-refractivity contribution in [2.45, 2.75) is 12.3 Å². The van der Waals surface area contributed by atoms with Crippen molar-refractivity contribution in [1.29, 1.82) is 0 Å². The SMILES string of the molecule is COC(=O)c1c(-c2c(Cl)cccc2Cl)noc1NC(=O)C(C)Cl. The van der Waals surface area contributed by atoms with Crippen molar-refractivity contribution >= 4 is 52.6 Å². The number of hydrogen-bond donors (Lipinski definition) is 1. The van der Waals surface area contributed by atoms with Gasteiger partial charge in [-0.2, -0.15) is 0 Å². The first-order chi connectivity index (χ1) is 10.9. The van der Waals surface area contributed by atoms with Crippen LogP contribution in [0.1, 0.15) is 17.3 Å². The van der Waals surface area contributed by atoms with Crippen molar-refractivity contribution in [2.75, 3.05) is 12.4 Å². The normalized spacial score (nSPS) is 11.9. The van der Waals surface area contributed by atoms with Gasteiger partial charge in [0.2, 0.25) is 11.8 Å². The second kappa shape index (κ2) is 7.21. The van der Waals surface area contributed by atoms with Gasteiger partial charge in [-0.15, -0.1) is 11.6 Å². The molecule has 0 aliphatic heterocycles. The van der Waals surface area contributed by atoms with Gasteiger partial charge in [-0.1, -0.05) is 34.4 Å². The molecule has 23 heavy (non-hydrogen) atoms. The molecule has 1 heterocycles. The van der Waals surface area contributed by atoms with Gasteiger partial charge in [0.05, 0.1) is 17.2 Å². The first-order valence-corrected chi connectivity index (χ1v) is 7.53. The quantitative estimate of drug-likeness (QED) is 0.643. The molecule has 2 rings (SSSR count). The van der Waals surface area contributed by atoms with Crippen LogP contribution in [0.2, 0.25) is 10.0 Å². The molecule has 1 aromatic carbocycles. The maximum absolute atomic E-state index is 12.1. The molecule has 0 bridgehead atoms. The third-order valence-electron chi connectivity index (χ3n) is 2.88. The van der Waals surface area contributed by atoms with E-state index in [4.69, 9.17) is 44.1 Å². The topological polar surface area (TPSA) is 81.4 Å². The number of anilines is 1. The number of halogens is 3. The number of amides is 1. The minimum atomic E-state index is -0.835. The van der Waals surface area contributed by atoms with E-state index in [1.54, 1.807) is 18.2 Å². The molecular weight excluding hydrogens is 367 g/mol. The molecule has 0 aliphatic rings. The Bertz CT molecular complexity index is 738. The van der Waals surface area contributed by atoms with Gasteiger partial charge >= 0.3 is 5.97 Å². The molecule has 1 atom stereocenters. The number of methoxy groups -OCH3 is 1. The summed E-state index contributed by atoms with van der Waals surface area (Å²) in [5, 5.41) is 5.85. The van der Waals surface area contributed by atoms with Crippen LogP contribution in [-0.4, -0.2) is 29.5 Å². The van der Waals surface area contributed by atoms with Crippen molar-refractivity contribution < 1.29 is 18.8 Å². The van der Waals surface area contributed by atoms with E-state index in [1.807, 2.05) is 0 Å². The summed E-state index contributed by atoms with van der Waals surface area (Å²) >= 11 is 17.9. The second-order valence-electron chi connectivity index (χ2n) is 4.43. The number of carbonyl (C=O) groups is 2. The highest BCUT2D eigenvalue weighted by Crippen LogP contribution is 2.38. The smallest absolute Gasteiger partial charge is 0.345 e. The van der Waals surface area contributed by atoms with Crippen LogP contribution in [-0.2, 0) is 9.53 Å². The minimum Gasteiger partial charge on any atom is -0.465 e. The van der Waals surface area contributed by atoms with E-state index < -0.39 is 17.3 Å². The monoisotopic (exact) mass is 376 g/mol. The Morgan fingerprint density at radius 2 is 1.91 bits per heavy atom. The highest BCUT2D eigenvalue weighted by atomic mass is 35.5. The van der Waals surface area contributed by atoms with Crippen molar-refractivity contribution in [3.63, 3.8) is 0 Å². The number of hydrogen-bond acceptors (Lipinski definition) is 5. The predicted octanol–water partition coefficient (Wildman–Crippen LogP) is 4.00. The van der Waals surface area contributed by atoms with Crippen LogP contribution in [0.5, 0.6) is 0 Å². The first-order valence-electron chi connectivity index (χ1n) is 6.34. The van der Waals surface area contributed by atoms with Crippen LogP contribution in [0.25, 0.3) is 11.3 Å². The third kappa shape index (κ3) is 3.60. The van der Waals surface area contributed by atoms with Crippen LogP contribution in [0, 0.1) is 0 Å². The summed E-state index contributed by atoms with van der Waals surface area (Å²) in [5.74, 6) is -1.53. The van der Waals surface area contributed by atoms with E-state index in [0.29, 0.717) is 5.56 Å². The molecule has 2 aromatic rings. The number of aromatic nitrogens is 1. The van der Waals surface area contributed by atoms with Crippen molar-refractivity contribution in [3.8, 4) is 11.3 Å². The lowest BCUT2D eigenvalue weighted by Gasteiger charge is -2.07. The van der Waals surface area contributed by atoms with Gasteiger partial charge in [-0.05, 0) is 19.1 Å². The lowest BCUT2D eigenvalue weighted by atomic mass is 10.1. The van der Waals surface area contributed by atoms with Gasteiger partial charge in [-0.25, -0.2) is 4.79 Å². The molecular formula is C14H11Cl3N2O4. The summed E-state index contributed by atoms with van der Waals surface area (Å²) < 4.78 is 9.76. The number of esters is 1. The molecule has 0 radical (unpaired) electrons. The van der Waals surface area contributed by atoms with Gasteiger partial charge in [0.15, 0.2) is 5.56 Å². The Kier molecular flexibility index (Phi) is 5.51. The number of nitrogens with zero attached hydrogens (tertiary/aromatic N) is 1. The number of rotatable bonds is 4. The zero-order valence-corrected chi connectivity index (χ0v) is 14.3. The summed E-state index contributed by atoms with van der Waals surface area (Å²) in [7, 11) is 1.18. The molecule has 0 aliphatic carbocycles. The van der Waals surface area contributed by atoms with Crippen LogP contribution < -0.4 is 5.32 Å². The summed E-state index contributed by atoms with van der Waals surface area (Å²) in [6.07, 6.45) is 0. The van der Waals surface area contributed by atoms with Gasteiger partial charge < -0.3 is 9.26 Å². The molecule has 1 N–H and O–H groups in total. The van der Waals surface area contributed by atoms with Crippen LogP contribution in [0.4, 0.5) is 5.88 Å². The maximum Gasteiger partial charge on any atom is 0.345 e. The number of ether oxygens (including phenoxy) is 1. The fourth-order valence-electron chi connectivity index (χ4n) is 1.77. The van der Waals surface area contributed by atoms with E-state index in [9.17, 15) is 9.59 Å². The zero-order valence-electron chi connectivity index (χ0n) is 12.0. The van der Waals surface area contributed by atoms with Crippen LogP contribution in [0.15, 0.2) is 22.7 Å². The Hall–Kier alpha value is -1.76. The van der Waals surface area contributed by atoms with Crippen molar-refractivity contribution in [3.05, 3.63) is 33.8 Å². The van der Waals surface area contributed by atoms with Gasteiger partial charge in [0, 0.05) is 5.56 Å².